The number of aliphatic hydroxyl groups is 1. The summed E-state index contributed by atoms with van der Waals surface area (Å²) < 4.78 is 40.2. The zero-order valence-corrected chi connectivity index (χ0v) is 13.9. The summed E-state index contributed by atoms with van der Waals surface area (Å²) in [7, 11) is -3.96. The van der Waals surface area contributed by atoms with Gasteiger partial charge in [-0.2, -0.15) is 0 Å². The fourth-order valence-electron chi connectivity index (χ4n) is 1.81. The molecule has 23 heavy (non-hydrogen) atoms. The third-order valence-corrected chi connectivity index (χ3v) is 4.54. The van der Waals surface area contributed by atoms with E-state index in [0.29, 0.717) is 19.5 Å². The van der Waals surface area contributed by atoms with Gasteiger partial charge in [-0.25, -0.2) is 17.5 Å². The molecule has 130 valence electrons. The van der Waals surface area contributed by atoms with Crippen molar-refractivity contribution in [3.8, 4) is 0 Å². The van der Waals surface area contributed by atoms with Crippen molar-refractivity contribution in [3.63, 3.8) is 0 Å². The Morgan fingerprint density at radius 2 is 2.04 bits per heavy atom. The first-order valence-electron chi connectivity index (χ1n) is 7.17. The molecule has 1 rings (SSSR count). The van der Waals surface area contributed by atoms with E-state index in [9.17, 15) is 17.6 Å². The lowest BCUT2D eigenvalue weighted by Crippen LogP contribution is -2.35. The van der Waals surface area contributed by atoms with Gasteiger partial charge in [0.05, 0.1) is 12.3 Å². The van der Waals surface area contributed by atoms with Gasteiger partial charge in [-0.05, 0) is 31.5 Å². The van der Waals surface area contributed by atoms with Crippen molar-refractivity contribution in [2.24, 2.45) is 0 Å². The first kappa shape index (κ1) is 19.3. The Labute approximate surface area is 135 Å². The summed E-state index contributed by atoms with van der Waals surface area (Å²) >= 11 is 0. The predicted molar refractivity (Wildman–Crippen MR) is 85.1 cm³/mol. The monoisotopic (exact) mass is 347 g/mol. The molecule has 1 aromatic rings. The van der Waals surface area contributed by atoms with Crippen LogP contribution in [0.2, 0.25) is 0 Å². The average Bonchev–Trinajstić information content (AvgIpc) is 2.47. The summed E-state index contributed by atoms with van der Waals surface area (Å²) in [4.78, 5) is 10.5. The van der Waals surface area contributed by atoms with Crippen LogP contribution in [0.15, 0.2) is 23.1 Å². The number of carbonyl (C=O) groups is 1. The van der Waals surface area contributed by atoms with Gasteiger partial charge in [0, 0.05) is 26.1 Å². The number of halogens is 1. The van der Waals surface area contributed by atoms with Crippen molar-refractivity contribution in [2.75, 3.05) is 25.0 Å². The lowest BCUT2D eigenvalue weighted by atomic mass is 10.3. The Morgan fingerprint density at radius 1 is 1.35 bits per heavy atom. The molecule has 0 heterocycles. The summed E-state index contributed by atoms with van der Waals surface area (Å²) in [6, 6.07) is 2.73. The molecule has 0 radical (unpaired) electrons. The fraction of sp³-hybridized carbons (Fsp3) is 0.500. The predicted octanol–water partition coefficient (Wildman–Crippen LogP) is 0.423. The first-order valence-corrected chi connectivity index (χ1v) is 8.65. The number of rotatable bonds is 9. The van der Waals surface area contributed by atoms with Gasteiger partial charge in [0.15, 0.2) is 0 Å². The summed E-state index contributed by atoms with van der Waals surface area (Å²) in [5.41, 5.74) is 0.256. The number of hydrogen-bond acceptors (Lipinski definition) is 5. The zero-order valence-electron chi connectivity index (χ0n) is 13.1. The second kappa shape index (κ2) is 8.80. The molecular weight excluding hydrogens is 325 g/mol. The molecule has 9 heteroatoms. The lowest BCUT2D eigenvalue weighted by Gasteiger charge is -2.16. The third-order valence-electron chi connectivity index (χ3n) is 2.91. The van der Waals surface area contributed by atoms with E-state index in [0.717, 1.165) is 12.1 Å². The molecule has 7 nitrogen and oxygen atoms in total. The van der Waals surface area contributed by atoms with Crippen LogP contribution in [-0.2, 0) is 14.8 Å². The summed E-state index contributed by atoms with van der Waals surface area (Å²) in [5.74, 6) is -0.817. The van der Waals surface area contributed by atoms with E-state index < -0.39 is 21.9 Å². The summed E-state index contributed by atoms with van der Waals surface area (Å²) in [6.45, 7) is 3.40. The van der Waals surface area contributed by atoms with Gasteiger partial charge >= 0.3 is 0 Å². The van der Waals surface area contributed by atoms with E-state index in [1.165, 1.54) is 19.9 Å². The van der Waals surface area contributed by atoms with Crippen molar-refractivity contribution < 1.29 is 22.7 Å². The summed E-state index contributed by atoms with van der Waals surface area (Å²) in [6.07, 6.45) is 0.580. The Kier molecular flexibility index (Phi) is 7.40. The van der Waals surface area contributed by atoms with Crippen LogP contribution in [0.5, 0.6) is 0 Å². The summed E-state index contributed by atoms with van der Waals surface area (Å²) in [5, 5.41) is 14.5. The maximum absolute atomic E-state index is 13.4. The smallest absolute Gasteiger partial charge is 0.243 e. The number of anilines is 1. The van der Waals surface area contributed by atoms with Gasteiger partial charge in [0.2, 0.25) is 15.9 Å². The number of carbonyl (C=O) groups excluding carboxylic acids is 1. The molecule has 0 aromatic heterocycles. The fourth-order valence-corrected chi connectivity index (χ4v) is 3.23. The van der Waals surface area contributed by atoms with Crippen LogP contribution in [-0.4, -0.2) is 45.2 Å². The van der Waals surface area contributed by atoms with Crippen molar-refractivity contribution >= 4 is 21.6 Å². The molecule has 0 aliphatic rings. The number of sulfonamides is 1. The van der Waals surface area contributed by atoms with Crippen LogP contribution in [0, 0.1) is 5.82 Å². The molecule has 1 aromatic carbocycles. The highest BCUT2D eigenvalue weighted by Crippen LogP contribution is 2.22. The van der Waals surface area contributed by atoms with Crippen LogP contribution >= 0.6 is 0 Å². The van der Waals surface area contributed by atoms with Crippen LogP contribution < -0.4 is 15.4 Å². The molecule has 0 fully saturated rings. The Morgan fingerprint density at radius 3 is 2.65 bits per heavy atom. The highest BCUT2D eigenvalue weighted by atomic mass is 32.2. The van der Waals surface area contributed by atoms with Gasteiger partial charge in [-0.15, -0.1) is 0 Å². The van der Waals surface area contributed by atoms with E-state index in [1.54, 1.807) is 0 Å². The van der Waals surface area contributed by atoms with E-state index in [-0.39, 0.29) is 23.1 Å². The topological polar surface area (TPSA) is 108 Å². The van der Waals surface area contributed by atoms with Crippen molar-refractivity contribution in [3.05, 3.63) is 24.0 Å². The van der Waals surface area contributed by atoms with Gasteiger partial charge in [-0.3, -0.25) is 4.79 Å². The molecule has 0 bridgehead atoms. The Bertz CT molecular complexity index is 637. The molecule has 0 saturated heterocycles. The molecular formula is C14H22FN3O4S. The number of benzene rings is 1. The van der Waals surface area contributed by atoms with Gasteiger partial charge in [0.25, 0.3) is 0 Å². The van der Waals surface area contributed by atoms with Crippen LogP contribution in [0.3, 0.4) is 0 Å². The molecule has 0 aliphatic carbocycles. The highest BCUT2D eigenvalue weighted by molar-refractivity contribution is 7.89. The number of amides is 1. The van der Waals surface area contributed by atoms with E-state index in [1.807, 2.05) is 0 Å². The number of aliphatic hydroxyl groups excluding tert-OH is 1. The second-order valence-electron chi connectivity index (χ2n) is 5.11. The molecule has 0 spiro atoms. The normalized spacial score (nSPS) is 12.7. The molecule has 0 aliphatic heterocycles. The van der Waals surface area contributed by atoms with Crippen molar-refractivity contribution in [1.29, 1.82) is 0 Å². The maximum atomic E-state index is 13.4. The number of nitrogens with one attached hydrogen (secondary N) is 3. The molecule has 1 atom stereocenters. The third kappa shape index (κ3) is 6.51. The minimum Gasteiger partial charge on any atom is -0.395 e. The minimum absolute atomic E-state index is 0.141. The largest absolute Gasteiger partial charge is 0.395 e. The minimum atomic E-state index is -3.96. The molecule has 0 unspecified atom stereocenters. The van der Waals surface area contributed by atoms with Crippen molar-refractivity contribution in [1.82, 2.24) is 10.0 Å². The lowest BCUT2D eigenvalue weighted by molar-refractivity contribution is -0.118. The standard InChI is InChI=1S/C14H22FN3O4S/c1-10(9-19)18-23(21,22)14-8-12(15)4-5-13(14)17-7-3-6-16-11(2)20/h4-5,8,10,17-19H,3,6-7,9H2,1-2H3,(H,16,20)/t10-/m0/s1. The van der Waals surface area contributed by atoms with Gasteiger partial charge in [-0.1, -0.05) is 0 Å². The van der Waals surface area contributed by atoms with E-state index in [4.69, 9.17) is 5.11 Å². The van der Waals surface area contributed by atoms with Crippen LogP contribution in [0.1, 0.15) is 20.3 Å². The second-order valence-corrected chi connectivity index (χ2v) is 6.79. The number of hydrogen-bond donors (Lipinski definition) is 4. The van der Waals surface area contributed by atoms with Crippen LogP contribution in [0.4, 0.5) is 10.1 Å². The molecule has 4 N–H and O–H groups in total. The SMILES string of the molecule is CC(=O)NCCCNc1ccc(F)cc1S(=O)(=O)N[C@@H](C)CO. The highest BCUT2D eigenvalue weighted by Gasteiger charge is 2.21. The van der Waals surface area contributed by atoms with Gasteiger partial charge in [0.1, 0.15) is 10.7 Å². The molecule has 1 amide bonds. The first-order chi connectivity index (χ1) is 10.8. The molecule has 0 saturated carbocycles. The van der Waals surface area contributed by atoms with E-state index >= 15 is 0 Å². The zero-order chi connectivity index (χ0) is 17.5. The Hall–Kier alpha value is -1.71. The van der Waals surface area contributed by atoms with Crippen LogP contribution in [0.25, 0.3) is 0 Å². The Balaban J connectivity index is 2.82. The average molecular weight is 347 g/mol. The quantitative estimate of drug-likeness (QED) is 0.484. The van der Waals surface area contributed by atoms with E-state index in [2.05, 4.69) is 15.4 Å². The van der Waals surface area contributed by atoms with Gasteiger partial charge < -0.3 is 15.7 Å². The van der Waals surface area contributed by atoms with Crippen molar-refractivity contribution in [2.45, 2.75) is 31.2 Å². The maximum Gasteiger partial charge on any atom is 0.243 e.